The van der Waals surface area contributed by atoms with Crippen molar-refractivity contribution in [3.8, 4) is 11.6 Å². The molecular formula is C37H49N5O7S. The maximum Gasteiger partial charge on any atom is 0.259 e. The Balaban J connectivity index is 1.18. The fourth-order valence-corrected chi connectivity index (χ4v) is 9.17. The zero-order valence-electron chi connectivity index (χ0n) is 29.4. The predicted molar refractivity (Wildman–Crippen MR) is 189 cm³/mol. The number of ether oxygens (including phenoxy) is 2. The van der Waals surface area contributed by atoms with Gasteiger partial charge >= 0.3 is 0 Å². The molecule has 3 aliphatic heterocycles. The second-order valence-electron chi connectivity index (χ2n) is 15.4. The minimum absolute atomic E-state index is 0.130. The molecule has 5 aliphatic rings. The molecule has 12 nitrogen and oxygen atoms in total. The van der Waals surface area contributed by atoms with Crippen molar-refractivity contribution in [3.63, 3.8) is 0 Å². The van der Waals surface area contributed by atoms with Gasteiger partial charge in [0.1, 0.15) is 24.3 Å². The summed E-state index contributed by atoms with van der Waals surface area (Å²) in [5.74, 6) is 0.0128. The molecule has 0 bridgehead atoms. The summed E-state index contributed by atoms with van der Waals surface area (Å²) in [6.45, 7) is 7.45. The Labute approximate surface area is 294 Å². The van der Waals surface area contributed by atoms with E-state index in [1.807, 2.05) is 37.4 Å². The van der Waals surface area contributed by atoms with Crippen molar-refractivity contribution in [2.24, 2.45) is 17.8 Å². The van der Waals surface area contributed by atoms with Crippen LogP contribution in [0.1, 0.15) is 78.6 Å². The Morgan fingerprint density at radius 2 is 1.98 bits per heavy atom. The number of aromatic nitrogens is 1. The van der Waals surface area contributed by atoms with E-state index in [4.69, 9.17) is 9.47 Å². The molecule has 2 aliphatic carbocycles. The Morgan fingerprint density at radius 3 is 2.74 bits per heavy atom. The average molecular weight is 708 g/mol. The van der Waals surface area contributed by atoms with Gasteiger partial charge in [0.25, 0.3) is 5.91 Å². The van der Waals surface area contributed by atoms with Gasteiger partial charge in [0.05, 0.1) is 23.5 Å². The maximum absolute atomic E-state index is 14.3. The number of allylic oxidation sites excluding steroid dienone is 1. The maximum atomic E-state index is 14.3. The first-order valence-corrected chi connectivity index (χ1v) is 19.6. The number of sulfonamides is 1. The molecular weight excluding hydrogens is 659 g/mol. The molecule has 0 spiro atoms. The molecule has 7 rings (SSSR count). The molecule has 1 aromatic heterocycles. The highest BCUT2D eigenvalue weighted by molar-refractivity contribution is 7.91. The van der Waals surface area contributed by atoms with Gasteiger partial charge < -0.3 is 24.6 Å². The van der Waals surface area contributed by atoms with E-state index in [0.29, 0.717) is 37.7 Å². The van der Waals surface area contributed by atoms with Crippen molar-refractivity contribution in [1.82, 2.24) is 19.9 Å². The van der Waals surface area contributed by atoms with Gasteiger partial charge in [-0.25, -0.2) is 13.4 Å². The summed E-state index contributed by atoms with van der Waals surface area (Å²) in [5, 5.41) is 4.60. The molecule has 1 aromatic carbocycles. The molecule has 4 heterocycles. The molecule has 1 saturated heterocycles. The third-order valence-electron chi connectivity index (χ3n) is 11.7. The Morgan fingerprint density at radius 1 is 1.18 bits per heavy atom. The van der Waals surface area contributed by atoms with E-state index in [2.05, 4.69) is 33.8 Å². The van der Waals surface area contributed by atoms with Crippen LogP contribution < -0.4 is 24.4 Å². The highest BCUT2D eigenvalue weighted by atomic mass is 32.2. The van der Waals surface area contributed by atoms with Crippen LogP contribution in [0.2, 0.25) is 0 Å². The molecule has 2 N–H and O–H groups in total. The highest BCUT2D eigenvalue weighted by Gasteiger charge is 2.63. The molecule has 0 radical (unpaired) electrons. The van der Waals surface area contributed by atoms with Gasteiger partial charge in [0.15, 0.2) is 5.75 Å². The Bertz CT molecular complexity index is 1830. The molecule has 50 heavy (non-hydrogen) atoms. The number of pyridine rings is 1. The number of hydrogen-bond acceptors (Lipinski definition) is 9. The topological polar surface area (TPSA) is 147 Å². The number of anilines is 1. The first kappa shape index (κ1) is 34.6. The fraction of sp³-hybridized carbons (Fsp3) is 0.622. The molecule has 2 aromatic rings. The second-order valence-corrected chi connectivity index (χ2v) is 17.6. The monoisotopic (exact) mass is 707 g/mol. The van der Waals surface area contributed by atoms with Crippen LogP contribution in [-0.2, 0) is 24.4 Å². The van der Waals surface area contributed by atoms with E-state index in [1.165, 1.54) is 0 Å². The number of carbonyl (C=O) groups is 3. The van der Waals surface area contributed by atoms with Gasteiger partial charge in [-0.1, -0.05) is 32.4 Å². The number of nitrogens with one attached hydrogen (secondary N) is 2. The number of likely N-dealkylation sites (N-methyl/N-ethyl adjacent to an activating group) is 1. The smallest absolute Gasteiger partial charge is 0.259 e. The van der Waals surface area contributed by atoms with Crippen LogP contribution in [0.25, 0.3) is 10.8 Å². The van der Waals surface area contributed by atoms with E-state index in [0.717, 1.165) is 54.4 Å². The number of amides is 3. The molecule has 0 unspecified atom stereocenters. The quantitative estimate of drug-likeness (QED) is 0.424. The predicted octanol–water partition coefficient (Wildman–Crippen LogP) is 4.08. The number of hydrogen-bond donors (Lipinski definition) is 2. The Kier molecular flexibility index (Phi) is 9.01. The van der Waals surface area contributed by atoms with E-state index in [1.54, 1.807) is 18.0 Å². The van der Waals surface area contributed by atoms with E-state index in [9.17, 15) is 22.8 Å². The van der Waals surface area contributed by atoms with Crippen molar-refractivity contribution in [2.75, 3.05) is 31.6 Å². The van der Waals surface area contributed by atoms with Crippen LogP contribution in [0.15, 0.2) is 36.5 Å². The second kappa shape index (κ2) is 13.0. The van der Waals surface area contributed by atoms with Crippen LogP contribution in [0.4, 0.5) is 5.69 Å². The van der Waals surface area contributed by atoms with Gasteiger partial charge in [-0.3, -0.25) is 19.1 Å². The summed E-state index contributed by atoms with van der Waals surface area (Å²) in [7, 11) is -1.90. The lowest BCUT2D eigenvalue weighted by atomic mass is 9.88. The van der Waals surface area contributed by atoms with Gasteiger partial charge in [0.2, 0.25) is 27.7 Å². The summed E-state index contributed by atoms with van der Waals surface area (Å²) in [6, 6.07) is 4.94. The van der Waals surface area contributed by atoms with Crippen LogP contribution >= 0.6 is 0 Å². The summed E-state index contributed by atoms with van der Waals surface area (Å²) in [6.07, 6.45) is 10.3. The molecule has 13 heteroatoms. The molecule has 3 fully saturated rings. The minimum atomic E-state index is -3.92. The first-order chi connectivity index (χ1) is 23.8. The van der Waals surface area contributed by atoms with E-state index >= 15 is 0 Å². The highest BCUT2D eigenvalue weighted by Crippen LogP contribution is 2.48. The molecule has 6 atom stereocenters. The number of fused-ring (bicyclic) bond motifs is 5. The lowest BCUT2D eigenvalue weighted by Crippen LogP contribution is -2.57. The van der Waals surface area contributed by atoms with Crippen LogP contribution in [0.3, 0.4) is 0 Å². The standard InChI is InChI=1S/C37H49N5O7S/c1-5-24-18-23(2)8-6-7-9-25-21-37(25,35(45)40-50(46,47)36(3)13-14-36)39-33(44)30-20-26(22-42(30)31(43)19-24)49-34-28-10-11-29-32(27(28)12-15-38-34)48-17-16-41(29)4/h7,9-12,15,23-26,30H,5-6,8,13-14,16-22H2,1-4H3,(H,39,44)(H,40,45)/b9-7-/t23-,24-,25-,26-,30+,37-/m1/s1. The summed E-state index contributed by atoms with van der Waals surface area (Å²) in [4.78, 5) is 50.4. The van der Waals surface area contributed by atoms with Crippen LogP contribution in [0, 0.1) is 17.8 Å². The van der Waals surface area contributed by atoms with Crippen LogP contribution in [-0.4, -0.2) is 85.2 Å². The van der Waals surface area contributed by atoms with Crippen LogP contribution in [0.5, 0.6) is 11.6 Å². The van der Waals surface area contributed by atoms with Crippen molar-refractivity contribution in [3.05, 3.63) is 36.5 Å². The van der Waals surface area contributed by atoms with Crippen molar-refractivity contribution in [2.45, 2.75) is 101 Å². The number of carbonyl (C=O) groups excluding carboxylic acids is 3. The lowest BCUT2D eigenvalue weighted by molar-refractivity contribution is -0.140. The van der Waals surface area contributed by atoms with Crippen molar-refractivity contribution < 1.29 is 32.3 Å². The average Bonchev–Trinajstić information content (AvgIpc) is 3.96. The van der Waals surface area contributed by atoms with Crippen molar-refractivity contribution in [1.29, 1.82) is 0 Å². The summed E-state index contributed by atoms with van der Waals surface area (Å²) < 4.78 is 40.1. The summed E-state index contributed by atoms with van der Waals surface area (Å²) in [5.41, 5.74) is -0.430. The van der Waals surface area contributed by atoms with Crippen molar-refractivity contribution >= 4 is 44.2 Å². The van der Waals surface area contributed by atoms with Gasteiger partial charge in [-0.2, -0.15) is 0 Å². The van der Waals surface area contributed by atoms with E-state index < -0.39 is 44.3 Å². The number of rotatable bonds is 6. The number of nitrogens with zero attached hydrogens (tertiary/aromatic N) is 3. The Hall–Kier alpha value is -3.87. The number of benzene rings is 1. The zero-order chi connectivity index (χ0) is 35.4. The van der Waals surface area contributed by atoms with Gasteiger partial charge in [-0.05, 0) is 75.5 Å². The lowest BCUT2D eigenvalue weighted by Gasteiger charge is -2.29. The zero-order valence-corrected chi connectivity index (χ0v) is 30.3. The normalized spacial score (nSPS) is 31.6. The van der Waals surface area contributed by atoms with Gasteiger partial charge in [0, 0.05) is 42.8 Å². The largest absolute Gasteiger partial charge is 0.489 e. The SMILES string of the molecule is CC[C@H]1CC(=O)N2C[C@H](Oc3nccc4c5c(ccc34)N(C)CCO5)C[C@H]2C(=O)N[C@]2(C(=O)NS(=O)(=O)C3(C)CC3)C[C@H]2/C=C\CC[C@@H](C)C1. The van der Waals surface area contributed by atoms with Gasteiger partial charge in [-0.15, -0.1) is 0 Å². The first-order valence-electron chi connectivity index (χ1n) is 18.1. The summed E-state index contributed by atoms with van der Waals surface area (Å²) >= 11 is 0. The fourth-order valence-electron chi connectivity index (χ4n) is 7.86. The third-order valence-corrected chi connectivity index (χ3v) is 13.8. The molecule has 270 valence electrons. The molecule has 3 amide bonds. The third kappa shape index (κ3) is 6.41. The molecule has 2 saturated carbocycles. The van der Waals surface area contributed by atoms with E-state index in [-0.39, 0.29) is 37.1 Å². The minimum Gasteiger partial charge on any atom is -0.489 e.